The number of ether oxygens (including phenoxy) is 2. The van der Waals surface area contributed by atoms with Gasteiger partial charge >= 0.3 is 43.2 Å². The molecule has 1 aliphatic carbocycles. The first-order chi connectivity index (χ1) is 29.5. The van der Waals surface area contributed by atoms with Crippen LogP contribution in [-0.2, 0) is 59.9 Å². The lowest BCUT2D eigenvalue weighted by atomic mass is 9.85. The molecule has 8 atom stereocenters. The first-order valence-electron chi connectivity index (χ1n) is 21.8. The maximum absolute atomic E-state index is 13.2. The lowest BCUT2D eigenvalue weighted by Crippen LogP contribution is -2.65. The molecule has 0 amide bonds. The molecule has 0 aromatic carbocycles. The first kappa shape index (κ1) is 60.3. The fourth-order valence-corrected chi connectivity index (χ4v) is 9.51. The van der Waals surface area contributed by atoms with Crippen LogP contribution in [0.5, 0.6) is 0 Å². The van der Waals surface area contributed by atoms with Gasteiger partial charge in [-0.1, -0.05) is 122 Å². The summed E-state index contributed by atoms with van der Waals surface area (Å²) >= 11 is 0. The van der Waals surface area contributed by atoms with Gasteiger partial charge < -0.3 is 59.7 Å². The lowest BCUT2D eigenvalue weighted by Gasteiger charge is -2.45. The topological polar surface area (TPSA) is 375 Å². The number of hydrogen-bond donors (Lipinski definition) is 10. The second kappa shape index (κ2) is 32.1. The lowest BCUT2D eigenvalue weighted by molar-refractivity contribution is -0.209. The molecule has 0 aromatic heterocycles. The average Bonchev–Trinajstić information content (AvgIpc) is 3.17. The monoisotopic (exact) mass is 995 g/mol. The Balaban J connectivity index is 2.97. The number of aliphatic hydroxyl groups excluding tert-OH is 2. The van der Waals surface area contributed by atoms with Crippen LogP contribution in [0.1, 0.15) is 155 Å². The van der Waals surface area contributed by atoms with Crippen molar-refractivity contribution in [2.75, 3.05) is 19.8 Å². The number of carbonyl (C=O) groups excluding carboxylic acids is 2. The van der Waals surface area contributed by atoms with Crippen LogP contribution in [0.3, 0.4) is 0 Å². The minimum atomic E-state index is -5.78. The van der Waals surface area contributed by atoms with Crippen molar-refractivity contribution in [2.24, 2.45) is 5.73 Å². The molecule has 0 aromatic rings. The molecular weight excluding hydrogens is 922 g/mol. The second-order valence-electron chi connectivity index (χ2n) is 15.7. The zero-order chi connectivity index (χ0) is 47.5. The van der Waals surface area contributed by atoms with E-state index in [9.17, 15) is 72.3 Å². The van der Waals surface area contributed by atoms with E-state index in [2.05, 4.69) is 20.5 Å². The SMILES string of the molecule is CCCCCCCCCCCCCCCC(=O)O[C@H](COC(=O)CCCCCCCCCCN)COP(=O)(O)OC1C(O)[C@H](OP(=O)(O)O)C(OP(=O)(O)O)[C@H](OP(=O)(O)O)[C@@H]1O. The van der Waals surface area contributed by atoms with Gasteiger partial charge in [0, 0.05) is 12.8 Å². The van der Waals surface area contributed by atoms with Gasteiger partial charge in [0.2, 0.25) is 0 Å². The van der Waals surface area contributed by atoms with Crippen molar-refractivity contribution in [3.8, 4) is 0 Å². The van der Waals surface area contributed by atoms with Crippen molar-refractivity contribution >= 4 is 43.2 Å². The van der Waals surface area contributed by atoms with Crippen LogP contribution in [0.15, 0.2) is 0 Å². The zero-order valence-corrected chi connectivity index (χ0v) is 39.7. The number of nitrogens with two attached hydrogens (primary N) is 1. The molecule has 1 rings (SSSR count). The van der Waals surface area contributed by atoms with Gasteiger partial charge in [-0.05, 0) is 25.8 Å². The summed E-state index contributed by atoms with van der Waals surface area (Å²) in [6.07, 6.45) is 3.25. The van der Waals surface area contributed by atoms with Gasteiger partial charge in [-0.15, -0.1) is 0 Å². The molecule has 0 aliphatic heterocycles. The van der Waals surface area contributed by atoms with E-state index in [1.165, 1.54) is 44.9 Å². The van der Waals surface area contributed by atoms with Gasteiger partial charge in [0.05, 0.1) is 6.61 Å². The van der Waals surface area contributed by atoms with Crippen LogP contribution in [-0.4, -0.2) is 119 Å². The molecule has 1 fully saturated rings. The average molecular weight is 996 g/mol. The van der Waals surface area contributed by atoms with Crippen LogP contribution < -0.4 is 5.73 Å². The number of carbonyl (C=O) groups is 2. The Labute approximate surface area is 369 Å². The number of unbranched alkanes of at least 4 members (excludes halogenated alkanes) is 19. The number of phosphoric acid groups is 4. The number of phosphoric ester groups is 4. The summed E-state index contributed by atoms with van der Waals surface area (Å²) in [4.78, 5) is 92.4. The molecular formula is C36H73NO22P4. The summed E-state index contributed by atoms with van der Waals surface area (Å²) in [5.41, 5.74) is 5.51. The highest BCUT2D eigenvalue weighted by Crippen LogP contribution is 2.53. The molecule has 1 aliphatic rings. The molecule has 1 saturated carbocycles. The van der Waals surface area contributed by atoms with E-state index in [0.717, 1.165) is 77.0 Å². The van der Waals surface area contributed by atoms with Crippen molar-refractivity contribution in [3.05, 3.63) is 0 Å². The van der Waals surface area contributed by atoms with Crippen LogP contribution in [0.25, 0.3) is 0 Å². The van der Waals surface area contributed by atoms with Gasteiger partial charge in [-0.3, -0.25) is 32.2 Å². The third-order valence-electron chi connectivity index (χ3n) is 10.00. The zero-order valence-electron chi connectivity index (χ0n) is 36.1. The van der Waals surface area contributed by atoms with Gasteiger partial charge in [-0.25, -0.2) is 18.3 Å². The Bertz CT molecular complexity index is 1420. The number of hydrogen-bond acceptors (Lipinski definition) is 16. The minimum Gasteiger partial charge on any atom is -0.462 e. The smallest absolute Gasteiger partial charge is 0.462 e. The quantitative estimate of drug-likeness (QED) is 0.0219. The highest BCUT2D eigenvalue weighted by Gasteiger charge is 2.59. The van der Waals surface area contributed by atoms with Crippen molar-refractivity contribution < 1.29 is 104 Å². The largest absolute Gasteiger partial charge is 0.472 e. The van der Waals surface area contributed by atoms with E-state index in [1.54, 1.807) is 0 Å². The summed E-state index contributed by atoms with van der Waals surface area (Å²) < 4.78 is 81.7. The molecule has 374 valence electrons. The predicted octanol–water partition coefficient (Wildman–Crippen LogP) is 5.06. The molecule has 27 heteroatoms. The standard InChI is InChI=1S/C36H73NO22P4/c1-2-3-4-5-6-7-8-9-10-11-15-18-21-24-30(39)55-28(26-53-29(38)23-20-17-14-12-13-16-19-22-25-37)27-54-63(51,52)59-33-31(40)34(56-60(42,43)44)36(58-62(48,49)50)35(32(33)41)57-61(45,46)47/h28,31-36,40-41H,2-27,37H2,1H3,(H,51,52)(H2,42,43,44)(H2,45,46,47)(H2,48,49,50)/t28-,31-,32?,33?,34-,35+,36?/m1/s1. The summed E-state index contributed by atoms with van der Waals surface area (Å²) in [7, 11) is -23.0. The number of esters is 2. The first-order valence-corrected chi connectivity index (χ1v) is 27.9. The third-order valence-corrected chi connectivity index (χ3v) is 12.5. The second-order valence-corrected chi connectivity index (χ2v) is 20.6. The van der Waals surface area contributed by atoms with Crippen molar-refractivity contribution in [3.63, 3.8) is 0 Å². The van der Waals surface area contributed by atoms with Crippen molar-refractivity contribution in [1.29, 1.82) is 0 Å². The van der Waals surface area contributed by atoms with E-state index in [4.69, 9.17) is 24.3 Å². The van der Waals surface area contributed by atoms with Crippen molar-refractivity contribution in [2.45, 2.75) is 197 Å². The molecule has 0 radical (unpaired) electrons. The van der Waals surface area contributed by atoms with E-state index < -0.39 is 99.2 Å². The Kier molecular flexibility index (Phi) is 30.7. The van der Waals surface area contributed by atoms with Crippen molar-refractivity contribution in [1.82, 2.24) is 0 Å². The number of aliphatic hydroxyl groups is 2. The van der Waals surface area contributed by atoms with Crippen LogP contribution in [0.4, 0.5) is 0 Å². The molecule has 0 spiro atoms. The molecule has 11 N–H and O–H groups in total. The summed E-state index contributed by atoms with van der Waals surface area (Å²) in [6.45, 7) is 1.19. The Morgan fingerprint density at radius 1 is 0.492 bits per heavy atom. The minimum absolute atomic E-state index is 0.0230. The maximum Gasteiger partial charge on any atom is 0.472 e. The molecule has 0 bridgehead atoms. The van der Waals surface area contributed by atoms with Crippen LogP contribution in [0.2, 0.25) is 0 Å². The van der Waals surface area contributed by atoms with Crippen LogP contribution >= 0.6 is 31.3 Å². The Morgan fingerprint density at radius 2 is 0.857 bits per heavy atom. The predicted molar refractivity (Wildman–Crippen MR) is 225 cm³/mol. The van der Waals surface area contributed by atoms with E-state index in [-0.39, 0.29) is 12.8 Å². The van der Waals surface area contributed by atoms with Gasteiger partial charge in [0.25, 0.3) is 0 Å². The molecule has 0 saturated heterocycles. The van der Waals surface area contributed by atoms with Crippen LogP contribution in [0, 0.1) is 0 Å². The van der Waals surface area contributed by atoms with E-state index >= 15 is 0 Å². The Hall–Kier alpha value is -0.740. The van der Waals surface area contributed by atoms with E-state index in [0.29, 0.717) is 19.4 Å². The van der Waals surface area contributed by atoms with Gasteiger partial charge in [0.1, 0.15) is 43.2 Å². The summed E-state index contributed by atoms with van der Waals surface area (Å²) in [5.74, 6) is -1.42. The summed E-state index contributed by atoms with van der Waals surface area (Å²) in [5, 5.41) is 21.8. The molecule has 4 unspecified atom stereocenters. The maximum atomic E-state index is 13.2. The molecule has 0 heterocycles. The third kappa shape index (κ3) is 30.3. The molecule has 63 heavy (non-hydrogen) atoms. The fourth-order valence-electron chi connectivity index (χ4n) is 6.86. The highest BCUT2D eigenvalue weighted by molar-refractivity contribution is 7.47. The van der Waals surface area contributed by atoms with E-state index in [1.807, 2.05) is 0 Å². The van der Waals surface area contributed by atoms with Gasteiger partial charge in [-0.2, -0.15) is 0 Å². The summed E-state index contributed by atoms with van der Waals surface area (Å²) in [6, 6.07) is 0. The highest BCUT2D eigenvalue weighted by atomic mass is 31.2. The normalized spacial score (nSPS) is 22.4. The molecule has 23 nitrogen and oxygen atoms in total. The Morgan fingerprint density at radius 3 is 1.25 bits per heavy atom. The fraction of sp³-hybridized carbons (Fsp3) is 0.944. The van der Waals surface area contributed by atoms with Gasteiger partial charge in [0.15, 0.2) is 6.10 Å². The number of rotatable bonds is 38.